The quantitative estimate of drug-likeness (QED) is 0.643. The minimum atomic E-state index is -3.61. The van der Waals surface area contributed by atoms with Crippen LogP contribution < -0.4 is 0 Å². The summed E-state index contributed by atoms with van der Waals surface area (Å²) in [7, 11) is -1.86. The van der Waals surface area contributed by atoms with Gasteiger partial charge in [-0.2, -0.15) is 4.31 Å². The summed E-state index contributed by atoms with van der Waals surface area (Å²) < 4.78 is 42.4. The number of benzene rings is 1. The average Bonchev–Trinajstić information content (AvgIpc) is 3.16. The Labute approximate surface area is 170 Å². The molecule has 8 heteroatoms. The van der Waals surface area contributed by atoms with Crippen LogP contribution in [0.4, 0.5) is 4.39 Å². The zero-order chi connectivity index (χ0) is 20.4. The molecule has 1 aromatic carbocycles. The van der Waals surface area contributed by atoms with E-state index in [0.29, 0.717) is 19.5 Å². The maximum atomic E-state index is 13.4. The molecule has 1 fully saturated rings. The van der Waals surface area contributed by atoms with Gasteiger partial charge < -0.3 is 4.57 Å². The Morgan fingerprint density at radius 2 is 2.03 bits per heavy atom. The van der Waals surface area contributed by atoms with E-state index < -0.39 is 10.0 Å². The van der Waals surface area contributed by atoms with E-state index in [-0.39, 0.29) is 16.8 Å². The molecule has 152 valence electrons. The molecule has 2 aromatic heterocycles. The van der Waals surface area contributed by atoms with Gasteiger partial charge in [0.1, 0.15) is 5.82 Å². The van der Waals surface area contributed by atoms with Gasteiger partial charge in [0.2, 0.25) is 0 Å². The van der Waals surface area contributed by atoms with Crippen LogP contribution in [0.2, 0.25) is 0 Å². The van der Waals surface area contributed by atoms with E-state index in [1.165, 1.54) is 29.0 Å². The second-order valence-corrected chi connectivity index (χ2v) is 9.32. The molecule has 6 nitrogen and oxygen atoms in total. The van der Waals surface area contributed by atoms with Gasteiger partial charge in [0.25, 0.3) is 10.0 Å². The molecule has 0 spiro atoms. The Morgan fingerprint density at radius 1 is 1.21 bits per heavy atom. The molecule has 29 heavy (non-hydrogen) atoms. The predicted octanol–water partition coefficient (Wildman–Crippen LogP) is 3.11. The maximum absolute atomic E-state index is 13.4. The summed E-state index contributed by atoms with van der Waals surface area (Å²) >= 11 is 0. The van der Waals surface area contributed by atoms with Crippen molar-refractivity contribution in [3.05, 3.63) is 77.8 Å². The van der Waals surface area contributed by atoms with E-state index in [2.05, 4.69) is 4.98 Å². The number of rotatable bonds is 5. The van der Waals surface area contributed by atoms with Gasteiger partial charge in [-0.3, -0.25) is 4.98 Å². The summed E-state index contributed by atoms with van der Waals surface area (Å²) in [6, 6.07) is 12.3. The van der Waals surface area contributed by atoms with Crippen molar-refractivity contribution in [3.63, 3.8) is 0 Å². The van der Waals surface area contributed by atoms with Crippen molar-refractivity contribution in [2.75, 3.05) is 13.1 Å². The van der Waals surface area contributed by atoms with Gasteiger partial charge in [-0.25, -0.2) is 17.8 Å². The van der Waals surface area contributed by atoms with E-state index in [1.807, 2.05) is 24.3 Å². The third kappa shape index (κ3) is 4.38. The lowest BCUT2D eigenvalue weighted by Crippen LogP contribution is -2.39. The van der Waals surface area contributed by atoms with Crippen molar-refractivity contribution >= 4 is 10.0 Å². The molecule has 0 N–H and O–H groups in total. The highest BCUT2D eigenvalue weighted by Gasteiger charge is 2.32. The highest BCUT2D eigenvalue weighted by molar-refractivity contribution is 7.89. The molecule has 3 heterocycles. The van der Waals surface area contributed by atoms with E-state index in [4.69, 9.17) is 4.98 Å². The van der Waals surface area contributed by atoms with Gasteiger partial charge >= 0.3 is 0 Å². The molecule has 1 atom stereocenters. The number of imidazole rings is 1. The zero-order valence-corrected chi connectivity index (χ0v) is 17.0. The largest absolute Gasteiger partial charge is 0.339 e. The van der Waals surface area contributed by atoms with Crippen LogP contribution in [0.5, 0.6) is 0 Å². The van der Waals surface area contributed by atoms with Crippen molar-refractivity contribution in [1.29, 1.82) is 0 Å². The molecule has 1 saturated heterocycles. The third-order valence-electron chi connectivity index (χ3n) is 5.19. The summed E-state index contributed by atoms with van der Waals surface area (Å²) in [4.78, 5) is 8.77. The molecule has 1 aliphatic rings. The normalized spacial score (nSPS) is 18.1. The number of nitrogens with zero attached hydrogens (tertiary/aromatic N) is 4. The first-order valence-corrected chi connectivity index (χ1v) is 11.0. The summed E-state index contributed by atoms with van der Waals surface area (Å²) in [5.74, 6) is -0.240. The number of hydrogen-bond donors (Lipinski definition) is 0. The lowest BCUT2D eigenvalue weighted by Gasteiger charge is -2.31. The monoisotopic (exact) mass is 414 g/mol. The Bertz CT molecular complexity index is 1110. The molecular weight excluding hydrogens is 391 g/mol. The average molecular weight is 415 g/mol. The van der Waals surface area contributed by atoms with Gasteiger partial charge in [0.15, 0.2) is 5.03 Å². The molecule has 0 saturated carbocycles. The lowest BCUT2D eigenvalue weighted by molar-refractivity contribution is 0.311. The first-order chi connectivity index (χ1) is 13.9. The van der Waals surface area contributed by atoms with Crippen LogP contribution in [0, 0.1) is 5.82 Å². The van der Waals surface area contributed by atoms with E-state index in [0.717, 1.165) is 29.8 Å². The van der Waals surface area contributed by atoms with Crippen LogP contribution in [0.15, 0.2) is 60.0 Å². The van der Waals surface area contributed by atoms with Gasteiger partial charge in [-0.15, -0.1) is 0 Å². The maximum Gasteiger partial charge on any atom is 0.262 e. The van der Waals surface area contributed by atoms with Gasteiger partial charge in [-0.1, -0.05) is 18.2 Å². The molecule has 1 aliphatic heterocycles. The molecule has 4 rings (SSSR count). The topological polar surface area (TPSA) is 68.1 Å². The van der Waals surface area contributed by atoms with Crippen molar-refractivity contribution in [1.82, 2.24) is 18.8 Å². The standard InChI is InChI=1S/C21H23FN4O2S/c1-25-14-21(23-15-25)29(27,28)26-10-4-6-17(13-26)20-9-3-8-19(24-20)12-16-5-2-7-18(22)11-16/h2-3,5,7-9,11,14-15,17H,4,6,10,12-13H2,1H3. The minimum Gasteiger partial charge on any atom is -0.339 e. The Morgan fingerprint density at radius 3 is 2.79 bits per heavy atom. The smallest absolute Gasteiger partial charge is 0.262 e. The molecule has 3 aromatic rings. The number of sulfonamides is 1. The number of piperidine rings is 1. The van der Waals surface area contributed by atoms with Crippen molar-refractivity contribution < 1.29 is 12.8 Å². The number of aryl methyl sites for hydroxylation is 1. The SMILES string of the molecule is Cn1cnc(S(=O)(=O)N2CCCC(c3cccc(Cc4cccc(F)c4)n3)C2)c1. The molecule has 1 unspecified atom stereocenters. The zero-order valence-electron chi connectivity index (χ0n) is 16.2. The molecular formula is C21H23FN4O2S. The van der Waals surface area contributed by atoms with E-state index in [1.54, 1.807) is 17.7 Å². The van der Waals surface area contributed by atoms with Gasteiger partial charge in [-0.05, 0) is 42.7 Å². The molecule has 0 amide bonds. The van der Waals surface area contributed by atoms with Gasteiger partial charge in [0.05, 0.1) is 6.33 Å². The van der Waals surface area contributed by atoms with Crippen LogP contribution >= 0.6 is 0 Å². The van der Waals surface area contributed by atoms with Crippen LogP contribution in [0.3, 0.4) is 0 Å². The van der Waals surface area contributed by atoms with Gasteiger partial charge in [0, 0.05) is 50.1 Å². The summed E-state index contributed by atoms with van der Waals surface area (Å²) in [5, 5.41) is 0.0773. The first kappa shape index (κ1) is 19.7. The van der Waals surface area contributed by atoms with Crippen molar-refractivity contribution in [2.45, 2.75) is 30.2 Å². The van der Waals surface area contributed by atoms with E-state index >= 15 is 0 Å². The predicted molar refractivity (Wildman–Crippen MR) is 107 cm³/mol. The fourth-order valence-corrected chi connectivity index (χ4v) is 5.23. The van der Waals surface area contributed by atoms with Crippen LogP contribution in [0.25, 0.3) is 0 Å². The molecule has 0 bridgehead atoms. The number of aromatic nitrogens is 3. The van der Waals surface area contributed by atoms with Crippen LogP contribution in [0.1, 0.15) is 35.7 Å². The Balaban J connectivity index is 1.52. The summed E-state index contributed by atoms with van der Waals surface area (Å²) in [6.07, 6.45) is 5.20. The minimum absolute atomic E-state index is 0.0229. The third-order valence-corrected chi connectivity index (χ3v) is 6.94. The van der Waals surface area contributed by atoms with Crippen LogP contribution in [-0.4, -0.2) is 40.3 Å². The summed E-state index contributed by atoms with van der Waals surface area (Å²) in [6.45, 7) is 0.869. The molecule has 0 radical (unpaired) electrons. The fourth-order valence-electron chi connectivity index (χ4n) is 3.74. The van der Waals surface area contributed by atoms with E-state index in [9.17, 15) is 12.8 Å². The second kappa shape index (κ2) is 8.04. The Hall–Kier alpha value is -2.58. The Kier molecular flexibility index (Phi) is 5.47. The number of pyridine rings is 1. The number of halogens is 1. The number of hydrogen-bond acceptors (Lipinski definition) is 4. The molecule has 0 aliphatic carbocycles. The highest BCUT2D eigenvalue weighted by Crippen LogP contribution is 2.29. The van der Waals surface area contributed by atoms with Crippen LogP contribution in [-0.2, 0) is 23.5 Å². The van der Waals surface area contributed by atoms with Crippen molar-refractivity contribution in [2.24, 2.45) is 7.05 Å². The lowest BCUT2D eigenvalue weighted by atomic mass is 9.95. The second-order valence-electron chi connectivity index (χ2n) is 7.44. The first-order valence-electron chi connectivity index (χ1n) is 9.60. The fraction of sp³-hybridized carbons (Fsp3) is 0.333. The highest BCUT2D eigenvalue weighted by atomic mass is 32.2. The summed E-state index contributed by atoms with van der Waals surface area (Å²) in [5.41, 5.74) is 2.58. The van der Waals surface area contributed by atoms with Crippen molar-refractivity contribution in [3.8, 4) is 0 Å².